The van der Waals surface area contributed by atoms with Crippen molar-refractivity contribution in [1.29, 1.82) is 0 Å². The molecule has 0 aliphatic rings. The molecule has 0 saturated heterocycles. The highest BCUT2D eigenvalue weighted by molar-refractivity contribution is 5.66. The molecule has 0 unspecified atom stereocenters. The van der Waals surface area contributed by atoms with Gasteiger partial charge >= 0.3 is 0 Å². The van der Waals surface area contributed by atoms with Gasteiger partial charge in [-0.05, 0) is 36.6 Å². The lowest BCUT2D eigenvalue weighted by atomic mass is 10.1. The van der Waals surface area contributed by atoms with Crippen LogP contribution in [0.5, 0.6) is 0 Å². The molecule has 3 N–H and O–H groups in total. The lowest BCUT2D eigenvalue weighted by Gasteiger charge is -2.11. The van der Waals surface area contributed by atoms with Crippen LogP contribution in [0.1, 0.15) is 11.1 Å². The Labute approximate surface area is 107 Å². The van der Waals surface area contributed by atoms with Crippen LogP contribution in [-0.2, 0) is 6.42 Å². The summed E-state index contributed by atoms with van der Waals surface area (Å²) in [7, 11) is 0. The van der Waals surface area contributed by atoms with Crippen LogP contribution in [0.15, 0.2) is 42.5 Å². The maximum absolute atomic E-state index is 13.5. The van der Waals surface area contributed by atoms with E-state index in [1.165, 1.54) is 17.2 Å². The van der Waals surface area contributed by atoms with Crippen molar-refractivity contribution in [3.8, 4) is 0 Å². The number of benzene rings is 2. The first-order chi connectivity index (χ1) is 8.68. The molecular formula is C15H17FN2. The Morgan fingerprint density at radius 1 is 1.11 bits per heavy atom. The smallest absolute Gasteiger partial charge is 0.148 e. The van der Waals surface area contributed by atoms with Gasteiger partial charge in [-0.2, -0.15) is 0 Å². The Morgan fingerprint density at radius 3 is 2.61 bits per heavy atom. The number of halogens is 1. The number of para-hydroxylation sites is 1. The average Bonchev–Trinajstić information content (AvgIpc) is 2.35. The summed E-state index contributed by atoms with van der Waals surface area (Å²) in [6.07, 6.45) is 0.848. The van der Waals surface area contributed by atoms with Crippen molar-refractivity contribution in [3.05, 3.63) is 59.4 Å². The molecule has 2 aromatic carbocycles. The third-order valence-electron chi connectivity index (χ3n) is 3.00. The van der Waals surface area contributed by atoms with Gasteiger partial charge in [0.25, 0.3) is 0 Å². The number of hydrogen-bond acceptors (Lipinski definition) is 2. The predicted octanol–water partition coefficient (Wildman–Crippen LogP) is 3.37. The van der Waals surface area contributed by atoms with Crippen LogP contribution in [0.2, 0.25) is 0 Å². The first-order valence-corrected chi connectivity index (χ1v) is 6.01. The van der Waals surface area contributed by atoms with E-state index in [9.17, 15) is 4.39 Å². The Hall–Kier alpha value is -2.03. The molecule has 0 saturated carbocycles. The highest BCUT2D eigenvalue weighted by atomic mass is 19.1. The van der Waals surface area contributed by atoms with Crippen molar-refractivity contribution in [2.75, 3.05) is 17.6 Å². The van der Waals surface area contributed by atoms with E-state index >= 15 is 0 Å². The first-order valence-electron chi connectivity index (χ1n) is 6.01. The molecule has 0 radical (unpaired) electrons. The standard InChI is InChI=1S/C15H17FN2/c1-11-5-2-3-6-12(11)9-10-18-15-13(16)7-4-8-14(15)17/h2-8,18H,9-10,17H2,1H3. The van der Waals surface area contributed by atoms with Crippen LogP contribution in [0.25, 0.3) is 0 Å². The number of nitrogens with one attached hydrogen (secondary N) is 1. The van der Waals surface area contributed by atoms with Gasteiger partial charge in [-0.1, -0.05) is 30.3 Å². The monoisotopic (exact) mass is 244 g/mol. The Bertz CT molecular complexity index is 518. The highest BCUT2D eigenvalue weighted by Crippen LogP contribution is 2.21. The molecular weight excluding hydrogens is 227 g/mol. The van der Waals surface area contributed by atoms with E-state index in [1.807, 2.05) is 12.1 Å². The van der Waals surface area contributed by atoms with E-state index in [4.69, 9.17) is 5.73 Å². The highest BCUT2D eigenvalue weighted by Gasteiger charge is 2.05. The Balaban J connectivity index is 1.99. The minimum atomic E-state index is -0.306. The summed E-state index contributed by atoms with van der Waals surface area (Å²) in [6, 6.07) is 12.9. The molecule has 3 heteroatoms. The zero-order valence-corrected chi connectivity index (χ0v) is 10.4. The van der Waals surface area contributed by atoms with Crippen molar-refractivity contribution in [1.82, 2.24) is 0 Å². The lowest BCUT2D eigenvalue weighted by Crippen LogP contribution is -2.09. The fraction of sp³-hybridized carbons (Fsp3) is 0.200. The zero-order valence-electron chi connectivity index (χ0n) is 10.4. The summed E-state index contributed by atoms with van der Waals surface area (Å²) in [4.78, 5) is 0. The van der Waals surface area contributed by atoms with Crippen LogP contribution in [0.3, 0.4) is 0 Å². The normalized spacial score (nSPS) is 10.3. The van der Waals surface area contributed by atoms with Gasteiger partial charge in [-0.15, -0.1) is 0 Å². The number of nitrogen functional groups attached to an aromatic ring is 1. The third kappa shape index (κ3) is 2.80. The number of aryl methyl sites for hydroxylation is 1. The first kappa shape index (κ1) is 12.4. The lowest BCUT2D eigenvalue weighted by molar-refractivity contribution is 0.630. The van der Waals surface area contributed by atoms with E-state index < -0.39 is 0 Å². The van der Waals surface area contributed by atoms with Gasteiger partial charge in [0.2, 0.25) is 0 Å². The Morgan fingerprint density at radius 2 is 1.89 bits per heavy atom. The van der Waals surface area contributed by atoms with E-state index in [0.717, 1.165) is 6.42 Å². The molecule has 18 heavy (non-hydrogen) atoms. The average molecular weight is 244 g/mol. The van der Waals surface area contributed by atoms with Gasteiger partial charge in [0.1, 0.15) is 5.82 Å². The molecule has 94 valence electrons. The van der Waals surface area contributed by atoms with Crippen LogP contribution in [0.4, 0.5) is 15.8 Å². The van der Waals surface area contributed by atoms with E-state index in [1.54, 1.807) is 12.1 Å². The maximum Gasteiger partial charge on any atom is 0.148 e. The minimum Gasteiger partial charge on any atom is -0.397 e. The van der Waals surface area contributed by atoms with Crippen LogP contribution >= 0.6 is 0 Å². The summed E-state index contributed by atoms with van der Waals surface area (Å²) in [5.41, 5.74) is 9.08. The number of hydrogen-bond donors (Lipinski definition) is 2. The second-order valence-corrected chi connectivity index (χ2v) is 4.31. The molecule has 0 aliphatic carbocycles. The molecule has 0 fully saturated rings. The van der Waals surface area contributed by atoms with Crippen molar-refractivity contribution in [2.24, 2.45) is 0 Å². The minimum absolute atomic E-state index is 0.306. The van der Waals surface area contributed by atoms with Crippen molar-refractivity contribution < 1.29 is 4.39 Å². The second-order valence-electron chi connectivity index (χ2n) is 4.31. The molecule has 0 aromatic heterocycles. The van der Waals surface area contributed by atoms with Gasteiger partial charge in [0, 0.05) is 6.54 Å². The molecule has 0 bridgehead atoms. The largest absolute Gasteiger partial charge is 0.397 e. The molecule has 2 nitrogen and oxygen atoms in total. The van der Waals surface area contributed by atoms with Crippen LogP contribution < -0.4 is 11.1 Å². The number of nitrogens with two attached hydrogens (primary N) is 1. The third-order valence-corrected chi connectivity index (χ3v) is 3.00. The summed E-state index contributed by atoms with van der Waals surface area (Å²) in [5.74, 6) is -0.306. The van der Waals surface area contributed by atoms with Crippen molar-refractivity contribution in [3.63, 3.8) is 0 Å². The quantitative estimate of drug-likeness (QED) is 0.809. The van der Waals surface area contributed by atoms with E-state index in [-0.39, 0.29) is 5.82 Å². The van der Waals surface area contributed by atoms with Crippen molar-refractivity contribution >= 4 is 11.4 Å². The maximum atomic E-state index is 13.5. The summed E-state index contributed by atoms with van der Waals surface area (Å²) in [6.45, 7) is 2.74. The van der Waals surface area contributed by atoms with Gasteiger partial charge in [0.05, 0.1) is 11.4 Å². The fourth-order valence-corrected chi connectivity index (χ4v) is 1.94. The molecule has 0 spiro atoms. The number of anilines is 2. The summed E-state index contributed by atoms with van der Waals surface area (Å²) in [5, 5.41) is 3.06. The van der Waals surface area contributed by atoms with Crippen molar-refractivity contribution in [2.45, 2.75) is 13.3 Å². The van der Waals surface area contributed by atoms with Crippen LogP contribution in [-0.4, -0.2) is 6.54 Å². The van der Waals surface area contributed by atoms with Gasteiger partial charge in [-0.25, -0.2) is 4.39 Å². The summed E-state index contributed by atoms with van der Waals surface area (Å²) < 4.78 is 13.5. The van der Waals surface area contributed by atoms with Gasteiger partial charge < -0.3 is 11.1 Å². The number of rotatable bonds is 4. The molecule has 2 aromatic rings. The molecule has 2 rings (SSSR count). The second kappa shape index (κ2) is 5.54. The topological polar surface area (TPSA) is 38.0 Å². The zero-order chi connectivity index (χ0) is 13.0. The predicted molar refractivity (Wildman–Crippen MR) is 74.2 cm³/mol. The van der Waals surface area contributed by atoms with E-state index in [0.29, 0.717) is 17.9 Å². The molecule has 0 amide bonds. The molecule has 0 heterocycles. The molecule has 0 atom stereocenters. The van der Waals surface area contributed by atoms with E-state index in [2.05, 4.69) is 24.4 Å². The van der Waals surface area contributed by atoms with Gasteiger partial charge in [-0.3, -0.25) is 0 Å². The Kier molecular flexibility index (Phi) is 3.82. The fourth-order valence-electron chi connectivity index (χ4n) is 1.94. The SMILES string of the molecule is Cc1ccccc1CCNc1c(N)cccc1F. The van der Waals surface area contributed by atoms with Crippen LogP contribution in [0, 0.1) is 12.7 Å². The van der Waals surface area contributed by atoms with Gasteiger partial charge in [0.15, 0.2) is 0 Å². The molecule has 0 aliphatic heterocycles. The summed E-state index contributed by atoms with van der Waals surface area (Å²) >= 11 is 0.